The third-order valence-electron chi connectivity index (χ3n) is 3.05. The number of rotatable bonds is 12. The summed E-state index contributed by atoms with van der Waals surface area (Å²) >= 11 is 5.54. The lowest BCUT2D eigenvalue weighted by Crippen LogP contribution is -2.33. The summed E-state index contributed by atoms with van der Waals surface area (Å²) in [4.78, 5) is 0. The van der Waals surface area contributed by atoms with Crippen LogP contribution in [0.2, 0.25) is 0 Å². The monoisotopic (exact) mass is 297 g/mol. The van der Waals surface area contributed by atoms with Crippen LogP contribution < -0.4 is 0 Å². The second-order valence-corrected chi connectivity index (χ2v) is 7.29. The molecule has 0 aliphatic rings. The predicted octanol–water partition coefficient (Wildman–Crippen LogP) is 3.98. The summed E-state index contributed by atoms with van der Waals surface area (Å²) in [5.74, 6) is 0. The third kappa shape index (κ3) is 8.33. The largest absolute Gasteiger partial charge is 0.228 e. The number of unbranched alkanes of at least 4 members (excludes halogenated alkanes) is 6. The molecule has 18 heavy (non-hydrogen) atoms. The molecule has 0 radical (unpaired) electrons. The van der Waals surface area contributed by atoms with Crippen LogP contribution in [0.25, 0.3) is 0 Å². The molecule has 0 rings (SSSR count). The summed E-state index contributed by atoms with van der Waals surface area (Å²) in [7, 11) is -3.24. The van der Waals surface area contributed by atoms with Crippen molar-refractivity contribution in [2.45, 2.75) is 65.2 Å². The molecule has 0 saturated heterocycles. The van der Waals surface area contributed by atoms with E-state index in [1.807, 2.05) is 0 Å². The fourth-order valence-electron chi connectivity index (χ4n) is 1.89. The number of hydrogen-bond acceptors (Lipinski definition) is 2. The quantitative estimate of drug-likeness (QED) is 0.404. The Bertz CT molecular complexity index is 269. The normalized spacial score (nSPS) is 12.2. The molecule has 3 nitrogen and oxygen atoms in total. The molecule has 0 bridgehead atoms. The fourth-order valence-corrected chi connectivity index (χ4v) is 3.26. The first-order chi connectivity index (χ1) is 8.58. The number of halogens is 1. The molecule has 0 spiro atoms. The van der Waals surface area contributed by atoms with Crippen molar-refractivity contribution in [3.8, 4) is 0 Å². The van der Waals surface area contributed by atoms with E-state index in [2.05, 4.69) is 13.8 Å². The minimum Gasteiger partial charge on any atom is -0.211 e. The maximum Gasteiger partial charge on any atom is 0.228 e. The number of alkyl halides is 1. The van der Waals surface area contributed by atoms with Crippen molar-refractivity contribution in [3.63, 3.8) is 0 Å². The van der Waals surface area contributed by atoms with Crippen molar-refractivity contribution < 1.29 is 8.42 Å². The van der Waals surface area contributed by atoms with Gasteiger partial charge in [-0.1, -0.05) is 52.4 Å². The zero-order valence-electron chi connectivity index (χ0n) is 11.8. The van der Waals surface area contributed by atoms with Gasteiger partial charge in [-0.2, -0.15) is 0 Å². The summed E-state index contributed by atoms with van der Waals surface area (Å²) < 4.78 is 25.2. The minimum atomic E-state index is -3.24. The van der Waals surface area contributed by atoms with Crippen molar-refractivity contribution in [1.82, 2.24) is 4.31 Å². The van der Waals surface area contributed by atoms with Crippen LogP contribution in [0.15, 0.2) is 0 Å². The summed E-state index contributed by atoms with van der Waals surface area (Å²) in [5.41, 5.74) is 0. The van der Waals surface area contributed by atoms with Gasteiger partial charge in [-0.25, -0.2) is 12.7 Å². The van der Waals surface area contributed by atoms with Crippen LogP contribution in [-0.4, -0.2) is 31.0 Å². The Labute approximate surface area is 118 Å². The molecule has 0 heterocycles. The van der Waals surface area contributed by atoms with Crippen LogP contribution in [0.1, 0.15) is 65.2 Å². The molecule has 0 fully saturated rings. The van der Waals surface area contributed by atoms with Crippen LogP contribution in [0.5, 0.6) is 0 Å². The molecule has 0 aromatic heterocycles. The van der Waals surface area contributed by atoms with Gasteiger partial charge in [-0.15, -0.1) is 11.6 Å². The summed E-state index contributed by atoms with van der Waals surface area (Å²) in [6.45, 7) is 5.55. The Balaban J connectivity index is 4.09. The zero-order valence-corrected chi connectivity index (χ0v) is 13.4. The van der Waals surface area contributed by atoms with Gasteiger partial charge >= 0.3 is 0 Å². The highest BCUT2D eigenvalue weighted by Crippen LogP contribution is 2.10. The molecule has 0 aliphatic heterocycles. The van der Waals surface area contributed by atoms with E-state index in [9.17, 15) is 8.42 Å². The van der Waals surface area contributed by atoms with E-state index in [0.29, 0.717) is 13.1 Å². The maximum absolute atomic E-state index is 11.8. The van der Waals surface area contributed by atoms with Crippen LogP contribution in [-0.2, 0) is 10.0 Å². The van der Waals surface area contributed by atoms with E-state index >= 15 is 0 Å². The first-order valence-corrected chi connectivity index (χ1v) is 9.26. The Morgan fingerprint density at radius 2 is 1.28 bits per heavy atom. The number of sulfonamides is 1. The molecular weight excluding hydrogens is 270 g/mol. The molecule has 0 N–H and O–H groups in total. The van der Waals surface area contributed by atoms with Crippen molar-refractivity contribution >= 4 is 21.6 Å². The van der Waals surface area contributed by atoms with E-state index < -0.39 is 10.0 Å². The van der Waals surface area contributed by atoms with Crippen LogP contribution in [0.3, 0.4) is 0 Å². The molecule has 0 unspecified atom stereocenters. The Morgan fingerprint density at radius 3 is 1.61 bits per heavy atom. The lowest BCUT2D eigenvalue weighted by Gasteiger charge is -2.20. The summed E-state index contributed by atoms with van der Waals surface area (Å²) in [5, 5.41) is -0.297. The van der Waals surface area contributed by atoms with E-state index in [-0.39, 0.29) is 5.21 Å². The van der Waals surface area contributed by atoms with Gasteiger partial charge in [0.1, 0.15) is 5.21 Å². The average molecular weight is 298 g/mol. The Morgan fingerprint density at radius 1 is 0.833 bits per heavy atom. The lowest BCUT2D eigenvalue weighted by molar-refractivity contribution is 0.388. The average Bonchev–Trinajstić information content (AvgIpc) is 2.36. The van der Waals surface area contributed by atoms with Crippen LogP contribution in [0.4, 0.5) is 0 Å². The van der Waals surface area contributed by atoms with Gasteiger partial charge < -0.3 is 0 Å². The van der Waals surface area contributed by atoms with Crippen molar-refractivity contribution in [3.05, 3.63) is 0 Å². The van der Waals surface area contributed by atoms with Gasteiger partial charge in [0.05, 0.1) is 0 Å². The third-order valence-corrected chi connectivity index (χ3v) is 5.31. The van der Waals surface area contributed by atoms with Crippen molar-refractivity contribution in [2.24, 2.45) is 0 Å². The van der Waals surface area contributed by atoms with Gasteiger partial charge in [0.25, 0.3) is 0 Å². The lowest BCUT2D eigenvalue weighted by atomic mass is 10.2. The van der Waals surface area contributed by atoms with Gasteiger partial charge in [0.15, 0.2) is 0 Å². The zero-order chi connectivity index (χ0) is 13.9. The fraction of sp³-hybridized carbons (Fsp3) is 1.00. The second kappa shape index (κ2) is 11.1. The highest BCUT2D eigenvalue weighted by atomic mass is 35.5. The molecule has 110 valence electrons. The summed E-state index contributed by atoms with van der Waals surface area (Å²) in [6.07, 6.45) is 8.75. The molecule has 0 atom stereocenters. The maximum atomic E-state index is 11.8. The smallest absolute Gasteiger partial charge is 0.211 e. The molecule has 0 amide bonds. The highest BCUT2D eigenvalue weighted by molar-refractivity contribution is 7.90. The van der Waals surface area contributed by atoms with Crippen molar-refractivity contribution in [1.29, 1.82) is 0 Å². The Hall–Kier alpha value is 0.200. The molecule has 0 aromatic rings. The van der Waals surface area contributed by atoms with E-state index in [1.165, 1.54) is 25.7 Å². The number of nitrogens with zero attached hydrogens (tertiary/aromatic N) is 1. The van der Waals surface area contributed by atoms with E-state index in [0.717, 1.165) is 25.7 Å². The standard InChI is InChI=1S/C13H28ClNO2S/c1-3-5-7-9-11-15(18(16,17)13-14)12-10-8-6-4-2/h3-13H2,1-2H3. The van der Waals surface area contributed by atoms with Crippen LogP contribution in [0, 0.1) is 0 Å². The first kappa shape index (κ1) is 18.2. The van der Waals surface area contributed by atoms with Gasteiger partial charge in [-0.3, -0.25) is 0 Å². The van der Waals surface area contributed by atoms with Gasteiger partial charge in [0, 0.05) is 13.1 Å². The predicted molar refractivity (Wildman–Crippen MR) is 79.5 cm³/mol. The van der Waals surface area contributed by atoms with Crippen molar-refractivity contribution in [2.75, 3.05) is 18.3 Å². The summed E-state index contributed by atoms with van der Waals surface area (Å²) in [6, 6.07) is 0. The second-order valence-electron chi connectivity index (χ2n) is 4.74. The molecule has 0 aromatic carbocycles. The SMILES string of the molecule is CCCCCCN(CCCCCC)S(=O)(=O)CCl. The number of hydrogen-bond donors (Lipinski definition) is 0. The minimum absolute atomic E-state index is 0.297. The van der Waals surface area contributed by atoms with Crippen LogP contribution >= 0.6 is 11.6 Å². The topological polar surface area (TPSA) is 37.4 Å². The molecule has 0 aliphatic carbocycles. The molecule has 0 saturated carbocycles. The van der Waals surface area contributed by atoms with Gasteiger partial charge in [-0.05, 0) is 12.8 Å². The molecular formula is C13H28ClNO2S. The van der Waals surface area contributed by atoms with E-state index in [4.69, 9.17) is 11.6 Å². The Kier molecular flexibility index (Phi) is 11.2. The highest BCUT2D eigenvalue weighted by Gasteiger charge is 2.19. The molecule has 5 heteroatoms. The van der Waals surface area contributed by atoms with Gasteiger partial charge in [0.2, 0.25) is 10.0 Å². The first-order valence-electron chi connectivity index (χ1n) is 7.12. The van der Waals surface area contributed by atoms with E-state index in [1.54, 1.807) is 4.31 Å².